The molecule has 1 N–H and O–H groups in total. The standard InChI is InChI=1S/C15H23N3O3S/c1-17(2)9-13-10-18(22(3,20)21)11-14(13)16-15(19)12-7-5-4-6-8-12/h4-8,13-14H,9-11H2,1-3H3,(H,16,19)/t13-,14-/m1/s1. The molecule has 22 heavy (non-hydrogen) atoms. The van der Waals surface area contributed by atoms with E-state index < -0.39 is 10.0 Å². The van der Waals surface area contributed by atoms with Gasteiger partial charge in [0.2, 0.25) is 10.0 Å². The fourth-order valence-corrected chi connectivity index (χ4v) is 3.65. The third-order valence-electron chi connectivity index (χ3n) is 3.83. The Morgan fingerprint density at radius 2 is 1.91 bits per heavy atom. The number of rotatable bonds is 5. The zero-order valence-electron chi connectivity index (χ0n) is 13.2. The summed E-state index contributed by atoms with van der Waals surface area (Å²) in [6, 6.07) is 8.80. The highest BCUT2D eigenvalue weighted by Gasteiger charge is 2.38. The van der Waals surface area contributed by atoms with E-state index in [1.165, 1.54) is 10.6 Å². The van der Waals surface area contributed by atoms with Gasteiger partial charge in [-0.05, 0) is 26.2 Å². The Kier molecular flexibility index (Phi) is 5.20. The molecule has 0 aliphatic carbocycles. The smallest absolute Gasteiger partial charge is 0.251 e. The maximum atomic E-state index is 12.3. The van der Waals surface area contributed by atoms with Crippen LogP contribution in [0.15, 0.2) is 30.3 Å². The minimum absolute atomic E-state index is 0.0809. The number of carbonyl (C=O) groups excluding carboxylic acids is 1. The Hall–Kier alpha value is -1.44. The summed E-state index contributed by atoms with van der Waals surface area (Å²) in [6.45, 7) is 1.50. The molecular formula is C15H23N3O3S. The number of nitrogens with zero attached hydrogens (tertiary/aromatic N) is 2. The first-order valence-corrected chi connectivity index (χ1v) is 9.08. The second-order valence-electron chi connectivity index (χ2n) is 6.05. The van der Waals surface area contributed by atoms with E-state index in [0.29, 0.717) is 18.7 Å². The largest absolute Gasteiger partial charge is 0.348 e. The Balaban J connectivity index is 2.10. The summed E-state index contributed by atoms with van der Waals surface area (Å²) in [6.07, 6.45) is 1.21. The lowest BCUT2D eigenvalue weighted by molar-refractivity contribution is 0.0927. The lowest BCUT2D eigenvalue weighted by Gasteiger charge is -2.22. The maximum absolute atomic E-state index is 12.3. The number of hydrogen-bond acceptors (Lipinski definition) is 4. The van der Waals surface area contributed by atoms with Crippen LogP contribution in [0.2, 0.25) is 0 Å². The van der Waals surface area contributed by atoms with Crippen molar-refractivity contribution in [1.82, 2.24) is 14.5 Å². The highest BCUT2D eigenvalue weighted by atomic mass is 32.2. The Morgan fingerprint density at radius 1 is 1.27 bits per heavy atom. The van der Waals surface area contributed by atoms with Gasteiger partial charge in [0.05, 0.1) is 6.26 Å². The van der Waals surface area contributed by atoms with Crippen LogP contribution in [0.1, 0.15) is 10.4 Å². The second kappa shape index (κ2) is 6.76. The fourth-order valence-electron chi connectivity index (χ4n) is 2.76. The number of carbonyl (C=O) groups is 1. The van der Waals surface area contributed by atoms with Crippen molar-refractivity contribution in [2.24, 2.45) is 5.92 Å². The molecule has 2 rings (SSSR count). The molecule has 122 valence electrons. The molecular weight excluding hydrogens is 302 g/mol. The average Bonchev–Trinajstić information content (AvgIpc) is 2.82. The molecule has 1 fully saturated rings. The fraction of sp³-hybridized carbons (Fsp3) is 0.533. The first-order valence-electron chi connectivity index (χ1n) is 7.23. The Morgan fingerprint density at radius 3 is 2.45 bits per heavy atom. The van der Waals surface area contributed by atoms with E-state index >= 15 is 0 Å². The number of hydrogen-bond donors (Lipinski definition) is 1. The molecule has 7 heteroatoms. The zero-order chi connectivity index (χ0) is 16.3. The van der Waals surface area contributed by atoms with Gasteiger partial charge in [0.15, 0.2) is 0 Å². The molecule has 1 heterocycles. The molecule has 0 aromatic heterocycles. The molecule has 1 aromatic carbocycles. The van der Waals surface area contributed by atoms with Crippen molar-refractivity contribution in [3.63, 3.8) is 0 Å². The summed E-state index contributed by atoms with van der Waals surface area (Å²) >= 11 is 0. The predicted molar refractivity (Wildman–Crippen MR) is 86.2 cm³/mol. The molecule has 0 radical (unpaired) electrons. The molecule has 0 unspecified atom stereocenters. The summed E-state index contributed by atoms with van der Waals surface area (Å²) in [5, 5.41) is 2.98. The molecule has 1 aliphatic heterocycles. The van der Waals surface area contributed by atoms with Crippen LogP contribution in [-0.2, 0) is 10.0 Å². The SMILES string of the molecule is CN(C)C[C@@H]1CN(S(C)(=O)=O)C[C@H]1NC(=O)c1ccccc1. The summed E-state index contributed by atoms with van der Waals surface area (Å²) < 4.78 is 25.0. The molecule has 1 amide bonds. The zero-order valence-corrected chi connectivity index (χ0v) is 14.0. The number of nitrogens with one attached hydrogen (secondary N) is 1. The van der Waals surface area contributed by atoms with Gasteiger partial charge >= 0.3 is 0 Å². The van der Waals surface area contributed by atoms with Gasteiger partial charge in [0.1, 0.15) is 0 Å². The van der Waals surface area contributed by atoms with Crippen LogP contribution in [0.3, 0.4) is 0 Å². The topological polar surface area (TPSA) is 69.7 Å². The monoisotopic (exact) mass is 325 g/mol. The van der Waals surface area contributed by atoms with E-state index in [1.54, 1.807) is 12.1 Å². The minimum Gasteiger partial charge on any atom is -0.348 e. The van der Waals surface area contributed by atoms with Crippen molar-refractivity contribution < 1.29 is 13.2 Å². The van der Waals surface area contributed by atoms with E-state index in [-0.39, 0.29) is 17.9 Å². The first-order chi connectivity index (χ1) is 10.3. The Labute approximate surface area is 132 Å². The van der Waals surface area contributed by atoms with Crippen LogP contribution >= 0.6 is 0 Å². The van der Waals surface area contributed by atoms with E-state index in [0.717, 1.165) is 6.54 Å². The van der Waals surface area contributed by atoms with Crippen molar-refractivity contribution in [3.05, 3.63) is 35.9 Å². The summed E-state index contributed by atoms with van der Waals surface area (Å²) in [7, 11) is 0.646. The van der Waals surface area contributed by atoms with E-state index in [9.17, 15) is 13.2 Å². The molecule has 1 aliphatic rings. The van der Waals surface area contributed by atoms with Crippen molar-refractivity contribution in [2.45, 2.75) is 6.04 Å². The van der Waals surface area contributed by atoms with Crippen molar-refractivity contribution >= 4 is 15.9 Å². The highest BCUT2D eigenvalue weighted by Crippen LogP contribution is 2.20. The van der Waals surface area contributed by atoms with Crippen LogP contribution in [0.4, 0.5) is 0 Å². The summed E-state index contributed by atoms with van der Waals surface area (Å²) in [4.78, 5) is 14.3. The number of amides is 1. The van der Waals surface area contributed by atoms with E-state index in [4.69, 9.17) is 0 Å². The van der Waals surface area contributed by atoms with Gasteiger partial charge in [-0.2, -0.15) is 4.31 Å². The molecule has 0 spiro atoms. The van der Waals surface area contributed by atoms with Crippen molar-refractivity contribution in [1.29, 1.82) is 0 Å². The Bertz CT molecular complexity index is 616. The third-order valence-corrected chi connectivity index (χ3v) is 5.06. The van der Waals surface area contributed by atoms with E-state index in [2.05, 4.69) is 5.32 Å². The van der Waals surface area contributed by atoms with Gasteiger partial charge in [-0.1, -0.05) is 18.2 Å². The second-order valence-corrected chi connectivity index (χ2v) is 8.03. The third kappa shape index (κ3) is 4.28. The predicted octanol–water partition coefficient (Wildman–Crippen LogP) is 0.238. The lowest BCUT2D eigenvalue weighted by Crippen LogP contribution is -2.43. The normalized spacial score (nSPS) is 22.9. The molecule has 6 nitrogen and oxygen atoms in total. The van der Waals surface area contributed by atoms with Gasteiger partial charge < -0.3 is 10.2 Å². The van der Waals surface area contributed by atoms with Crippen molar-refractivity contribution in [2.75, 3.05) is 40.0 Å². The quantitative estimate of drug-likeness (QED) is 0.842. The summed E-state index contributed by atoms with van der Waals surface area (Å²) in [5.41, 5.74) is 0.587. The van der Waals surface area contributed by atoms with Gasteiger partial charge in [-0.25, -0.2) is 8.42 Å². The van der Waals surface area contributed by atoms with Crippen LogP contribution in [0.5, 0.6) is 0 Å². The van der Waals surface area contributed by atoms with Crippen LogP contribution < -0.4 is 5.32 Å². The molecule has 1 aromatic rings. The van der Waals surface area contributed by atoms with Crippen molar-refractivity contribution in [3.8, 4) is 0 Å². The molecule has 1 saturated heterocycles. The average molecular weight is 325 g/mol. The van der Waals surface area contributed by atoms with Crippen LogP contribution in [-0.4, -0.2) is 69.6 Å². The molecule has 2 atom stereocenters. The lowest BCUT2D eigenvalue weighted by atomic mass is 10.0. The van der Waals surface area contributed by atoms with Gasteiger partial charge in [-0.3, -0.25) is 4.79 Å². The molecule has 0 saturated carbocycles. The number of sulfonamides is 1. The first kappa shape index (κ1) is 16.9. The van der Waals surface area contributed by atoms with Crippen LogP contribution in [0.25, 0.3) is 0 Å². The number of benzene rings is 1. The van der Waals surface area contributed by atoms with Gasteiger partial charge in [-0.15, -0.1) is 0 Å². The maximum Gasteiger partial charge on any atom is 0.251 e. The highest BCUT2D eigenvalue weighted by molar-refractivity contribution is 7.88. The van der Waals surface area contributed by atoms with E-state index in [1.807, 2.05) is 37.2 Å². The molecule has 0 bridgehead atoms. The van der Waals surface area contributed by atoms with Gasteiger partial charge in [0, 0.05) is 37.2 Å². The summed E-state index contributed by atoms with van der Waals surface area (Å²) in [5.74, 6) is -0.0814. The van der Waals surface area contributed by atoms with Gasteiger partial charge in [0.25, 0.3) is 5.91 Å². The minimum atomic E-state index is -3.24. The van der Waals surface area contributed by atoms with Crippen LogP contribution in [0, 0.1) is 5.92 Å².